The summed E-state index contributed by atoms with van der Waals surface area (Å²) in [7, 11) is 0. The smallest absolute Gasteiger partial charge is 0.223 e. The molecule has 1 aromatic rings. The number of β-amino-alcohol motifs (C(OH)–C–C–N with tert-alkyl or cyclic N) is 1. The van der Waals surface area contributed by atoms with Gasteiger partial charge in [0.1, 0.15) is 5.83 Å². The number of aromatic nitrogens is 2. The van der Waals surface area contributed by atoms with Crippen LogP contribution in [-0.4, -0.2) is 87.9 Å². The summed E-state index contributed by atoms with van der Waals surface area (Å²) in [4.78, 5) is 10.7. The van der Waals surface area contributed by atoms with Crippen molar-refractivity contribution in [3.63, 3.8) is 0 Å². The highest BCUT2D eigenvalue weighted by molar-refractivity contribution is 6.31. The molecule has 2 saturated heterocycles. The molecule has 2 aliphatic rings. The SMILES string of the molecule is C/C(F)=C(/N)C1C(Cc2nc(N[C@@H]3CCOC[C@H]3O)ncc2Cl)OC[C@H](C)N1C[C@@H](C)O. The zero-order valence-electron chi connectivity index (χ0n) is 18.7. The van der Waals surface area contributed by atoms with E-state index >= 15 is 0 Å². The first-order valence-corrected chi connectivity index (χ1v) is 11.3. The van der Waals surface area contributed by atoms with Gasteiger partial charge in [0, 0.05) is 25.6 Å². The van der Waals surface area contributed by atoms with Gasteiger partial charge >= 0.3 is 0 Å². The summed E-state index contributed by atoms with van der Waals surface area (Å²) in [5.74, 6) is -0.153. The summed E-state index contributed by atoms with van der Waals surface area (Å²) in [6, 6.07) is -0.874. The second-order valence-corrected chi connectivity index (χ2v) is 8.98. The number of halogens is 2. The van der Waals surface area contributed by atoms with Gasteiger partial charge in [0.2, 0.25) is 5.95 Å². The van der Waals surface area contributed by atoms with Crippen LogP contribution in [0.15, 0.2) is 17.7 Å². The van der Waals surface area contributed by atoms with Gasteiger partial charge in [0.25, 0.3) is 0 Å². The molecule has 0 aliphatic carbocycles. The fraction of sp³-hybridized carbons (Fsp3) is 0.714. The first-order valence-electron chi connectivity index (χ1n) is 10.9. The van der Waals surface area contributed by atoms with Crippen LogP contribution < -0.4 is 11.1 Å². The van der Waals surface area contributed by atoms with Gasteiger partial charge in [0.15, 0.2) is 0 Å². The molecule has 0 spiro atoms. The third-order valence-electron chi connectivity index (χ3n) is 5.87. The number of nitrogens with two attached hydrogens (primary N) is 1. The second kappa shape index (κ2) is 11.0. The Kier molecular flexibility index (Phi) is 8.65. The van der Waals surface area contributed by atoms with Gasteiger partial charge in [-0.3, -0.25) is 4.90 Å². The number of hydrogen-bond acceptors (Lipinski definition) is 9. The Labute approximate surface area is 192 Å². The average Bonchev–Trinajstić information content (AvgIpc) is 2.73. The largest absolute Gasteiger partial charge is 0.399 e. The molecule has 11 heteroatoms. The Morgan fingerprint density at radius 3 is 2.88 bits per heavy atom. The highest BCUT2D eigenvalue weighted by atomic mass is 35.5. The molecule has 6 atom stereocenters. The van der Waals surface area contributed by atoms with Crippen LogP contribution in [0.25, 0.3) is 0 Å². The molecule has 9 nitrogen and oxygen atoms in total. The van der Waals surface area contributed by atoms with Crippen LogP contribution in [0.1, 0.15) is 32.9 Å². The van der Waals surface area contributed by atoms with Crippen molar-refractivity contribution in [2.75, 3.05) is 31.7 Å². The molecule has 5 N–H and O–H groups in total. The second-order valence-electron chi connectivity index (χ2n) is 8.57. The van der Waals surface area contributed by atoms with Crippen LogP contribution in [0.5, 0.6) is 0 Å². The van der Waals surface area contributed by atoms with E-state index in [9.17, 15) is 14.6 Å². The maximum absolute atomic E-state index is 14.2. The molecular formula is C21H33ClFN5O4. The topological polar surface area (TPSA) is 126 Å². The van der Waals surface area contributed by atoms with E-state index in [0.717, 1.165) is 0 Å². The third kappa shape index (κ3) is 6.06. The molecular weight excluding hydrogens is 441 g/mol. The molecule has 2 unspecified atom stereocenters. The van der Waals surface area contributed by atoms with Crippen LogP contribution in [0.2, 0.25) is 5.02 Å². The lowest BCUT2D eigenvalue weighted by molar-refractivity contribution is -0.0970. The van der Waals surface area contributed by atoms with Gasteiger partial charge in [-0.25, -0.2) is 14.4 Å². The van der Waals surface area contributed by atoms with Gasteiger partial charge in [-0.1, -0.05) is 11.6 Å². The van der Waals surface area contributed by atoms with Crippen molar-refractivity contribution in [1.29, 1.82) is 0 Å². The number of allylic oxidation sites excluding steroid dienone is 1. The fourth-order valence-corrected chi connectivity index (χ4v) is 4.32. The molecule has 3 rings (SSSR count). The number of ether oxygens (including phenoxy) is 2. The van der Waals surface area contributed by atoms with Crippen molar-refractivity contribution in [2.24, 2.45) is 5.73 Å². The lowest BCUT2D eigenvalue weighted by Gasteiger charge is -2.46. The van der Waals surface area contributed by atoms with E-state index in [2.05, 4.69) is 15.3 Å². The molecule has 180 valence electrons. The van der Waals surface area contributed by atoms with Crippen LogP contribution in [0.3, 0.4) is 0 Å². The zero-order chi connectivity index (χ0) is 23.4. The van der Waals surface area contributed by atoms with Crippen molar-refractivity contribution in [1.82, 2.24) is 14.9 Å². The third-order valence-corrected chi connectivity index (χ3v) is 6.19. The Bertz CT molecular complexity index is 810. The van der Waals surface area contributed by atoms with Crippen molar-refractivity contribution in [3.05, 3.63) is 28.4 Å². The summed E-state index contributed by atoms with van der Waals surface area (Å²) in [5.41, 5.74) is 6.74. The number of morpholine rings is 1. The summed E-state index contributed by atoms with van der Waals surface area (Å²) in [6.45, 7) is 6.45. The van der Waals surface area contributed by atoms with Crippen molar-refractivity contribution in [3.8, 4) is 0 Å². The van der Waals surface area contributed by atoms with Crippen molar-refractivity contribution < 1.29 is 24.1 Å². The molecule has 32 heavy (non-hydrogen) atoms. The summed E-state index contributed by atoms with van der Waals surface area (Å²) in [6.07, 6.45) is 0.588. The number of aliphatic hydroxyl groups excluding tert-OH is 2. The van der Waals surface area contributed by atoms with Crippen LogP contribution in [-0.2, 0) is 15.9 Å². The summed E-state index contributed by atoms with van der Waals surface area (Å²) < 4.78 is 25.5. The van der Waals surface area contributed by atoms with Crippen molar-refractivity contribution in [2.45, 2.75) is 70.1 Å². The highest BCUT2D eigenvalue weighted by Crippen LogP contribution is 2.29. The molecule has 2 aliphatic heterocycles. The first-order chi connectivity index (χ1) is 15.2. The standard InChI is InChI=1S/C21H33ClFN5O4/c1-11-9-32-18(20(19(24)13(3)23)28(11)8-12(2)29)6-16-14(22)7-25-21(27-16)26-15-4-5-31-10-17(15)30/h7,11-12,15,17-18,20,29-30H,4-6,8-10,24H2,1-3H3,(H,25,26,27)/b19-13-/t11-,12+,15+,17+,18?,20?/m0/s1. The normalized spacial score (nSPS) is 31.2. The van der Waals surface area contributed by atoms with E-state index in [1.807, 2.05) is 11.8 Å². The van der Waals surface area contributed by atoms with Crippen LogP contribution >= 0.6 is 11.6 Å². The van der Waals surface area contributed by atoms with Gasteiger partial charge in [0.05, 0.1) is 66.2 Å². The molecule has 3 heterocycles. The fourth-order valence-electron chi connectivity index (χ4n) is 4.15. The lowest BCUT2D eigenvalue weighted by atomic mass is 9.96. The quantitative estimate of drug-likeness (QED) is 0.462. The van der Waals surface area contributed by atoms with E-state index in [1.165, 1.54) is 13.1 Å². The highest BCUT2D eigenvalue weighted by Gasteiger charge is 2.40. The summed E-state index contributed by atoms with van der Waals surface area (Å²) >= 11 is 6.38. The number of anilines is 1. The van der Waals surface area contributed by atoms with E-state index in [1.54, 1.807) is 6.92 Å². The Balaban J connectivity index is 1.84. The Hall–Kier alpha value is -1.56. The van der Waals surface area contributed by atoms with Crippen molar-refractivity contribution >= 4 is 17.5 Å². The molecule has 0 aromatic carbocycles. The number of nitrogens with one attached hydrogen (secondary N) is 1. The average molecular weight is 474 g/mol. The molecule has 1 aromatic heterocycles. The maximum atomic E-state index is 14.2. The molecule has 0 bridgehead atoms. The Morgan fingerprint density at radius 2 is 2.22 bits per heavy atom. The lowest BCUT2D eigenvalue weighted by Crippen LogP contribution is -2.59. The van der Waals surface area contributed by atoms with E-state index < -0.39 is 30.2 Å². The molecule has 0 saturated carbocycles. The number of aliphatic hydroxyl groups is 2. The van der Waals surface area contributed by atoms with Gasteiger partial charge in [-0.05, 0) is 27.2 Å². The van der Waals surface area contributed by atoms with Crippen LogP contribution in [0, 0.1) is 0 Å². The minimum Gasteiger partial charge on any atom is -0.399 e. The molecule has 2 fully saturated rings. The molecule has 0 radical (unpaired) electrons. The maximum Gasteiger partial charge on any atom is 0.223 e. The Morgan fingerprint density at radius 1 is 1.47 bits per heavy atom. The number of hydrogen-bond donors (Lipinski definition) is 4. The van der Waals surface area contributed by atoms with E-state index in [-0.39, 0.29) is 30.8 Å². The van der Waals surface area contributed by atoms with Gasteiger partial charge in [-0.15, -0.1) is 0 Å². The van der Waals surface area contributed by atoms with E-state index in [4.69, 9.17) is 26.8 Å². The monoisotopic (exact) mass is 473 g/mol. The first kappa shape index (κ1) is 25.1. The zero-order valence-corrected chi connectivity index (χ0v) is 19.4. The van der Waals surface area contributed by atoms with Gasteiger partial charge < -0.3 is 30.7 Å². The minimum absolute atomic E-state index is 0.0585. The van der Waals surface area contributed by atoms with Crippen LogP contribution in [0.4, 0.5) is 10.3 Å². The number of nitrogens with zero attached hydrogens (tertiary/aromatic N) is 3. The summed E-state index contributed by atoms with van der Waals surface area (Å²) in [5, 5.41) is 23.6. The van der Waals surface area contributed by atoms with Gasteiger partial charge in [-0.2, -0.15) is 0 Å². The van der Waals surface area contributed by atoms with E-state index in [0.29, 0.717) is 42.8 Å². The predicted molar refractivity (Wildman–Crippen MR) is 119 cm³/mol. The minimum atomic E-state index is -0.662. The number of rotatable bonds is 7. The predicted octanol–water partition coefficient (Wildman–Crippen LogP) is 1.23. The molecule has 0 amide bonds.